The SMILES string of the molecule is CCC1(C(=O)NC)CCN(c2nc(CC(C)C)nc3c2CCNC3=O)CC1. The summed E-state index contributed by atoms with van der Waals surface area (Å²) in [4.78, 5) is 36.4. The highest BCUT2D eigenvalue weighted by Gasteiger charge is 2.40. The lowest BCUT2D eigenvalue weighted by molar-refractivity contribution is -0.132. The number of piperidine rings is 1. The lowest BCUT2D eigenvalue weighted by atomic mass is 9.75. The van der Waals surface area contributed by atoms with Crippen LogP contribution in [0, 0.1) is 11.3 Å². The molecule has 1 fully saturated rings. The Balaban J connectivity index is 1.91. The van der Waals surface area contributed by atoms with E-state index in [0.717, 1.165) is 62.4 Å². The zero-order chi connectivity index (χ0) is 19.6. The summed E-state index contributed by atoms with van der Waals surface area (Å²) in [6.45, 7) is 8.50. The predicted octanol–water partition coefficient (Wildman–Crippen LogP) is 1.70. The fourth-order valence-corrected chi connectivity index (χ4v) is 4.19. The number of anilines is 1. The molecule has 1 aromatic rings. The molecule has 2 aliphatic heterocycles. The van der Waals surface area contributed by atoms with E-state index in [0.29, 0.717) is 18.2 Å². The third-order valence-electron chi connectivity index (χ3n) is 5.90. The average Bonchev–Trinajstić information content (AvgIpc) is 2.67. The molecule has 0 aromatic carbocycles. The molecule has 3 heterocycles. The van der Waals surface area contributed by atoms with Crippen LogP contribution < -0.4 is 15.5 Å². The maximum Gasteiger partial charge on any atom is 0.270 e. The van der Waals surface area contributed by atoms with Gasteiger partial charge in [0, 0.05) is 38.7 Å². The molecule has 0 unspecified atom stereocenters. The number of carbonyl (C=O) groups is 2. The van der Waals surface area contributed by atoms with Gasteiger partial charge in [0.2, 0.25) is 5.91 Å². The number of aromatic nitrogens is 2. The standard InChI is InChI=1S/C20H31N5O2/c1-5-20(19(27)21-4)7-10-25(11-8-20)17-14-6-9-22-18(26)16(14)23-15(24-17)12-13(2)3/h13H,5-12H2,1-4H3,(H,21,27)(H,22,26). The number of nitrogens with zero attached hydrogens (tertiary/aromatic N) is 3. The Morgan fingerprint density at radius 3 is 2.59 bits per heavy atom. The number of nitrogens with one attached hydrogen (secondary N) is 2. The Morgan fingerprint density at radius 2 is 2.00 bits per heavy atom. The highest BCUT2D eigenvalue weighted by Crippen LogP contribution is 2.37. The molecule has 7 nitrogen and oxygen atoms in total. The highest BCUT2D eigenvalue weighted by atomic mass is 16.2. The zero-order valence-corrected chi connectivity index (χ0v) is 16.9. The Labute approximate surface area is 161 Å². The topological polar surface area (TPSA) is 87.2 Å². The van der Waals surface area contributed by atoms with Gasteiger partial charge in [0.05, 0.1) is 5.41 Å². The van der Waals surface area contributed by atoms with Crippen LogP contribution >= 0.6 is 0 Å². The van der Waals surface area contributed by atoms with Gasteiger partial charge < -0.3 is 15.5 Å². The van der Waals surface area contributed by atoms with Crippen molar-refractivity contribution in [3.05, 3.63) is 17.1 Å². The largest absolute Gasteiger partial charge is 0.359 e. The molecule has 148 valence electrons. The maximum atomic E-state index is 12.4. The molecule has 2 N–H and O–H groups in total. The fraction of sp³-hybridized carbons (Fsp3) is 0.700. The summed E-state index contributed by atoms with van der Waals surface area (Å²) < 4.78 is 0. The minimum atomic E-state index is -0.295. The van der Waals surface area contributed by atoms with Crippen LogP contribution in [-0.2, 0) is 17.6 Å². The van der Waals surface area contributed by atoms with Gasteiger partial charge in [-0.2, -0.15) is 0 Å². The normalized spacial score (nSPS) is 18.9. The summed E-state index contributed by atoms with van der Waals surface area (Å²) in [6, 6.07) is 0. The number of hydrogen-bond acceptors (Lipinski definition) is 5. The van der Waals surface area contributed by atoms with Crippen molar-refractivity contribution in [2.75, 3.05) is 31.6 Å². The second-order valence-electron chi connectivity index (χ2n) is 8.09. The Bertz CT molecular complexity index is 723. The van der Waals surface area contributed by atoms with Crippen LogP contribution in [0.1, 0.15) is 61.9 Å². The van der Waals surface area contributed by atoms with Crippen LogP contribution in [0.15, 0.2) is 0 Å². The quantitative estimate of drug-likeness (QED) is 0.820. The van der Waals surface area contributed by atoms with Crippen LogP contribution in [0.4, 0.5) is 5.82 Å². The predicted molar refractivity (Wildman–Crippen MR) is 105 cm³/mol. The van der Waals surface area contributed by atoms with Gasteiger partial charge in [0.25, 0.3) is 5.91 Å². The van der Waals surface area contributed by atoms with E-state index in [9.17, 15) is 9.59 Å². The summed E-state index contributed by atoms with van der Waals surface area (Å²) in [6.07, 6.45) is 3.94. The first-order valence-electron chi connectivity index (χ1n) is 10.1. The van der Waals surface area contributed by atoms with Gasteiger partial charge in [0.1, 0.15) is 17.3 Å². The third kappa shape index (κ3) is 3.77. The van der Waals surface area contributed by atoms with Gasteiger partial charge in [-0.25, -0.2) is 9.97 Å². The van der Waals surface area contributed by atoms with Crippen LogP contribution in [-0.4, -0.2) is 48.5 Å². The lowest BCUT2D eigenvalue weighted by Gasteiger charge is -2.41. The average molecular weight is 374 g/mol. The second kappa shape index (κ2) is 7.82. The molecule has 0 spiro atoms. The fourth-order valence-electron chi connectivity index (χ4n) is 4.19. The molecule has 0 saturated carbocycles. The number of carbonyl (C=O) groups excluding carboxylic acids is 2. The number of rotatable bonds is 5. The molecule has 2 amide bonds. The van der Waals surface area contributed by atoms with Gasteiger partial charge in [-0.3, -0.25) is 9.59 Å². The molecular weight excluding hydrogens is 342 g/mol. The molecule has 1 saturated heterocycles. The van der Waals surface area contributed by atoms with Gasteiger partial charge in [-0.05, 0) is 31.6 Å². The van der Waals surface area contributed by atoms with Crippen LogP contribution in [0.2, 0.25) is 0 Å². The van der Waals surface area contributed by atoms with Gasteiger partial charge in [0.15, 0.2) is 0 Å². The van der Waals surface area contributed by atoms with Crippen LogP contribution in [0.25, 0.3) is 0 Å². The first kappa shape index (κ1) is 19.6. The van der Waals surface area contributed by atoms with Crippen molar-refractivity contribution < 1.29 is 9.59 Å². The maximum absolute atomic E-state index is 12.4. The lowest BCUT2D eigenvalue weighted by Crippen LogP contribution is -2.48. The van der Waals surface area contributed by atoms with E-state index in [1.54, 1.807) is 7.05 Å². The van der Waals surface area contributed by atoms with Crippen molar-refractivity contribution in [2.24, 2.45) is 11.3 Å². The monoisotopic (exact) mass is 373 g/mol. The minimum absolute atomic E-state index is 0.102. The van der Waals surface area contributed by atoms with Crippen LogP contribution in [0.3, 0.4) is 0 Å². The summed E-state index contributed by atoms with van der Waals surface area (Å²) in [5.74, 6) is 2.08. The number of hydrogen-bond donors (Lipinski definition) is 2. The molecule has 3 rings (SSSR count). The van der Waals surface area contributed by atoms with Crippen molar-refractivity contribution in [2.45, 2.75) is 52.9 Å². The molecule has 0 atom stereocenters. The summed E-state index contributed by atoms with van der Waals surface area (Å²) >= 11 is 0. The molecule has 0 aliphatic carbocycles. The Morgan fingerprint density at radius 1 is 1.30 bits per heavy atom. The Hall–Kier alpha value is -2.18. The second-order valence-corrected chi connectivity index (χ2v) is 8.09. The zero-order valence-electron chi connectivity index (χ0n) is 16.9. The van der Waals surface area contributed by atoms with Gasteiger partial charge >= 0.3 is 0 Å². The summed E-state index contributed by atoms with van der Waals surface area (Å²) in [5, 5.41) is 5.72. The van der Waals surface area contributed by atoms with Crippen molar-refractivity contribution in [3.63, 3.8) is 0 Å². The van der Waals surface area contributed by atoms with Crippen molar-refractivity contribution in [3.8, 4) is 0 Å². The van der Waals surface area contributed by atoms with Crippen molar-refractivity contribution in [1.29, 1.82) is 0 Å². The van der Waals surface area contributed by atoms with E-state index >= 15 is 0 Å². The van der Waals surface area contributed by atoms with E-state index in [2.05, 4.69) is 41.3 Å². The van der Waals surface area contributed by atoms with E-state index in [1.165, 1.54) is 0 Å². The van der Waals surface area contributed by atoms with Crippen molar-refractivity contribution >= 4 is 17.6 Å². The Kier molecular flexibility index (Phi) is 5.67. The summed E-state index contributed by atoms with van der Waals surface area (Å²) in [5.41, 5.74) is 1.19. The van der Waals surface area contributed by atoms with Gasteiger partial charge in [-0.15, -0.1) is 0 Å². The van der Waals surface area contributed by atoms with Crippen molar-refractivity contribution in [1.82, 2.24) is 20.6 Å². The first-order chi connectivity index (χ1) is 12.9. The number of fused-ring (bicyclic) bond motifs is 1. The molecule has 0 radical (unpaired) electrons. The van der Waals surface area contributed by atoms with E-state index < -0.39 is 0 Å². The molecule has 0 bridgehead atoms. The molecular formula is C20H31N5O2. The van der Waals surface area contributed by atoms with E-state index in [1.807, 2.05) is 0 Å². The van der Waals surface area contributed by atoms with E-state index in [4.69, 9.17) is 4.98 Å². The van der Waals surface area contributed by atoms with Gasteiger partial charge in [-0.1, -0.05) is 20.8 Å². The highest BCUT2D eigenvalue weighted by molar-refractivity contribution is 5.96. The minimum Gasteiger partial charge on any atom is -0.359 e. The molecule has 1 aromatic heterocycles. The molecule has 27 heavy (non-hydrogen) atoms. The third-order valence-corrected chi connectivity index (χ3v) is 5.90. The number of amides is 2. The first-order valence-corrected chi connectivity index (χ1v) is 10.1. The molecule has 7 heteroatoms. The molecule has 2 aliphatic rings. The van der Waals surface area contributed by atoms with E-state index in [-0.39, 0.29) is 17.2 Å². The van der Waals surface area contributed by atoms with Crippen LogP contribution in [0.5, 0.6) is 0 Å². The summed E-state index contributed by atoms with van der Waals surface area (Å²) in [7, 11) is 1.71. The smallest absolute Gasteiger partial charge is 0.270 e.